The van der Waals surface area contributed by atoms with E-state index in [0.29, 0.717) is 13.0 Å². The number of aliphatic hydroxyl groups excluding tert-OH is 1. The van der Waals surface area contributed by atoms with Crippen LogP contribution in [0, 0.1) is 13.8 Å². The molecule has 3 aromatic rings. The van der Waals surface area contributed by atoms with Crippen molar-refractivity contribution in [2.45, 2.75) is 32.9 Å². The number of benzene rings is 2. The molecule has 2 aromatic carbocycles. The molecule has 0 aliphatic carbocycles. The zero-order chi connectivity index (χ0) is 14.8. The molecule has 0 saturated carbocycles. The minimum Gasteiger partial charge on any atom is -0.391 e. The molecule has 0 amide bonds. The number of hydrogen-bond donors (Lipinski definition) is 1. The highest BCUT2D eigenvalue weighted by atomic mass is 16.3. The fourth-order valence-electron chi connectivity index (χ4n) is 2.72. The van der Waals surface area contributed by atoms with Gasteiger partial charge >= 0.3 is 0 Å². The normalized spacial score (nSPS) is 12.7. The van der Waals surface area contributed by atoms with Crippen molar-refractivity contribution in [1.29, 1.82) is 0 Å². The van der Waals surface area contributed by atoms with E-state index in [1.807, 2.05) is 28.8 Å². The molecule has 1 N–H and O–H groups in total. The van der Waals surface area contributed by atoms with Crippen molar-refractivity contribution >= 4 is 11.0 Å². The van der Waals surface area contributed by atoms with E-state index in [2.05, 4.69) is 37.0 Å². The molecule has 0 aliphatic heterocycles. The largest absolute Gasteiger partial charge is 0.391 e. The lowest BCUT2D eigenvalue weighted by Crippen LogP contribution is -2.18. The van der Waals surface area contributed by atoms with Gasteiger partial charge in [-0.1, -0.05) is 35.9 Å². The van der Waals surface area contributed by atoms with Gasteiger partial charge in [0.1, 0.15) is 0 Å². The summed E-state index contributed by atoms with van der Waals surface area (Å²) in [7, 11) is 0. The van der Waals surface area contributed by atoms with E-state index in [1.165, 1.54) is 16.7 Å². The fraction of sp³-hybridized carbons (Fsp3) is 0.278. The van der Waals surface area contributed by atoms with Crippen LogP contribution in [0.4, 0.5) is 0 Å². The van der Waals surface area contributed by atoms with Crippen LogP contribution in [0.1, 0.15) is 16.7 Å². The molecule has 3 nitrogen and oxygen atoms in total. The molecule has 1 atom stereocenters. The van der Waals surface area contributed by atoms with Crippen LogP contribution >= 0.6 is 0 Å². The van der Waals surface area contributed by atoms with E-state index >= 15 is 0 Å². The molecule has 0 spiro atoms. The number of aliphatic hydroxyl groups is 1. The maximum Gasteiger partial charge on any atom is 0.0959 e. The summed E-state index contributed by atoms with van der Waals surface area (Å²) in [6, 6.07) is 14.4. The van der Waals surface area contributed by atoms with Gasteiger partial charge in [0, 0.05) is 6.42 Å². The molecule has 0 saturated heterocycles. The second kappa shape index (κ2) is 5.70. The van der Waals surface area contributed by atoms with E-state index in [4.69, 9.17) is 0 Å². The molecule has 108 valence electrons. The summed E-state index contributed by atoms with van der Waals surface area (Å²) >= 11 is 0. The van der Waals surface area contributed by atoms with Crippen molar-refractivity contribution < 1.29 is 5.11 Å². The topological polar surface area (TPSA) is 38.0 Å². The first-order valence-electron chi connectivity index (χ1n) is 7.27. The number of aromatic nitrogens is 2. The molecule has 0 fully saturated rings. The van der Waals surface area contributed by atoms with Gasteiger partial charge in [0.05, 0.1) is 30.0 Å². The van der Waals surface area contributed by atoms with Crippen LogP contribution in [0.3, 0.4) is 0 Å². The lowest BCUT2D eigenvalue weighted by molar-refractivity contribution is 0.155. The smallest absolute Gasteiger partial charge is 0.0959 e. The Morgan fingerprint density at radius 3 is 2.81 bits per heavy atom. The molecule has 21 heavy (non-hydrogen) atoms. The van der Waals surface area contributed by atoms with Crippen LogP contribution in [-0.2, 0) is 13.0 Å². The standard InChI is InChI=1S/C18H20N2O/c1-13-7-8-14(2)15(9-13)10-16(21)11-20-12-19-17-5-3-4-6-18(17)20/h3-9,12,16,21H,10-11H2,1-2H3. The predicted octanol–water partition coefficient (Wildman–Crippen LogP) is 3.26. The van der Waals surface area contributed by atoms with Gasteiger partial charge in [-0.3, -0.25) is 0 Å². The summed E-state index contributed by atoms with van der Waals surface area (Å²) in [5.74, 6) is 0. The molecular formula is C18H20N2O. The Morgan fingerprint density at radius 1 is 1.14 bits per heavy atom. The van der Waals surface area contributed by atoms with Gasteiger partial charge < -0.3 is 9.67 Å². The molecule has 1 aromatic heterocycles. The van der Waals surface area contributed by atoms with Gasteiger partial charge in [-0.05, 0) is 37.1 Å². The third kappa shape index (κ3) is 2.98. The maximum atomic E-state index is 10.4. The summed E-state index contributed by atoms with van der Waals surface area (Å²) in [6.07, 6.45) is 2.06. The Hall–Kier alpha value is -2.13. The fourth-order valence-corrected chi connectivity index (χ4v) is 2.72. The van der Waals surface area contributed by atoms with Crippen molar-refractivity contribution in [2.24, 2.45) is 0 Å². The van der Waals surface area contributed by atoms with Gasteiger partial charge in [0.2, 0.25) is 0 Å². The second-order valence-electron chi connectivity index (χ2n) is 5.67. The highest BCUT2D eigenvalue weighted by Crippen LogP contribution is 2.16. The third-order valence-corrected chi connectivity index (χ3v) is 3.89. The summed E-state index contributed by atoms with van der Waals surface area (Å²) < 4.78 is 2.02. The number of imidazole rings is 1. The first-order chi connectivity index (χ1) is 10.1. The summed E-state index contributed by atoms with van der Waals surface area (Å²) in [6.45, 7) is 4.74. The van der Waals surface area contributed by atoms with Crippen LogP contribution in [0.25, 0.3) is 11.0 Å². The van der Waals surface area contributed by atoms with Crippen LogP contribution in [0.15, 0.2) is 48.8 Å². The summed E-state index contributed by atoms with van der Waals surface area (Å²) in [4.78, 5) is 4.36. The molecule has 1 unspecified atom stereocenters. The molecule has 0 bridgehead atoms. The number of nitrogens with zero attached hydrogens (tertiary/aromatic N) is 2. The average molecular weight is 280 g/mol. The van der Waals surface area contributed by atoms with Crippen molar-refractivity contribution in [3.05, 3.63) is 65.5 Å². The molecule has 0 aliphatic rings. The van der Waals surface area contributed by atoms with E-state index in [9.17, 15) is 5.11 Å². The Kier molecular flexibility index (Phi) is 3.76. The zero-order valence-electron chi connectivity index (χ0n) is 12.5. The third-order valence-electron chi connectivity index (χ3n) is 3.89. The highest BCUT2D eigenvalue weighted by Gasteiger charge is 2.11. The monoisotopic (exact) mass is 280 g/mol. The average Bonchev–Trinajstić information content (AvgIpc) is 2.86. The number of fused-ring (bicyclic) bond motifs is 1. The molecule has 0 radical (unpaired) electrons. The van der Waals surface area contributed by atoms with E-state index < -0.39 is 6.10 Å². The number of aryl methyl sites for hydroxylation is 2. The maximum absolute atomic E-state index is 10.4. The van der Waals surface area contributed by atoms with Gasteiger partial charge in [-0.15, -0.1) is 0 Å². The first kappa shape index (κ1) is 13.8. The van der Waals surface area contributed by atoms with Crippen LogP contribution < -0.4 is 0 Å². The predicted molar refractivity (Wildman–Crippen MR) is 85.4 cm³/mol. The Bertz CT molecular complexity index is 761. The minimum absolute atomic E-state index is 0.414. The van der Waals surface area contributed by atoms with Crippen molar-refractivity contribution in [3.63, 3.8) is 0 Å². The Labute approximate surface area is 124 Å². The number of rotatable bonds is 4. The van der Waals surface area contributed by atoms with Crippen LogP contribution in [-0.4, -0.2) is 20.8 Å². The zero-order valence-corrected chi connectivity index (χ0v) is 12.5. The minimum atomic E-state index is -0.414. The Balaban J connectivity index is 1.77. The molecular weight excluding hydrogens is 260 g/mol. The van der Waals surface area contributed by atoms with E-state index in [0.717, 1.165) is 11.0 Å². The Morgan fingerprint density at radius 2 is 1.95 bits per heavy atom. The quantitative estimate of drug-likeness (QED) is 0.796. The van der Waals surface area contributed by atoms with Crippen LogP contribution in [0.2, 0.25) is 0 Å². The molecule has 3 heteroatoms. The molecule has 1 heterocycles. The van der Waals surface area contributed by atoms with Gasteiger partial charge in [-0.2, -0.15) is 0 Å². The lowest BCUT2D eigenvalue weighted by atomic mass is 10.00. The lowest BCUT2D eigenvalue weighted by Gasteiger charge is -2.14. The van der Waals surface area contributed by atoms with Crippen molar-refractivity contribution in [2.75, 3.05) is 0 Å². The van der Waals surface area contributed by atoms with Crippen LogP contribution in [0.5, 0.6) is 0 Å². The summed E-state index contributed by atoms with van der Waals surface area (Å²) in [5.41, 5.74) is 5.71. The summed E-state index contributed by atoms with van der Waals surface area (Å²) in [5, 5.41) is 10.4. The first-order valence-corrected chi connectivity index (χ1v) is 7.27. The second-order valence-corrected chi connectivity index (χ2v) is 5.67. The van der Waals surface area contributed by atoms with E-state index in [1.54, 1.807) is 6.33 Å². The number of para-hydroxylation sites is 2. The number of hydrogen-bond acceptors (Lipinski definition) is 2. The van der Waals surface area contributed by atoms with Crippen molar-refractivity contribution in [3.8, 4) is 0 Å². The molecule has 3 rings (SSSR count). The highest BCUT2D eigenvalue weighted by molar-refractivity contribution is 5.74. The van der Waals surface area contributed by atoms with Crippen molar-refractivity contribution in [1.82, 2.24) is 9.55 Å². The van der Waals surface area contributed by atoms with E-state index in [-0.39, 0.29) is 0 Å². The SMILES string of the molecule is Cc1ccc(C)c(CC(O)Cn2cnc3ccccc32)c1. The van der Waals surface area contributed by atoms with Gasteiger partial charge in [-0.25, -0.2) is 4.98 Å². The van der Waals surface area contributed by atoms with Gasteiger partial charge in [0.25, 0.3) is 0 Å². The van der Waals surface area contributed by atoms with Gasteiger partial charge in [0.15, 0.2) is 0 Å².